The van der Waals surface area contributed by atoms with Crippen molar-refractivity contribution in [2.75, 3.05) is 0 Å². The van der Waals surface area contributed by atoms with Gasteiger partial charge in [0.1, 0.15) is 0 Å². The van der Waals surface area contributed by atoms with E-state index in [-0.39, 0.29) is 12.3 Å². The highest BCUT2D eigenvalue weighted by atomic mass is 16.4. The molecule has 4 aromatic rings. The molecule has 26 heavy (non-hydrogen) atoms. The topological polar surface area (TPSA) is 53.1 Å². The lowest BCUT2D eigenvalue weighted by molar-refractivity contribution is -0.137. The van der Waals surface area contributed by atoms with Crippen molar-refractivity contribution in [3.05, 3.63) is 96.1 Å². The molecule has 0 saturated heterocycles. The van der Waals surface area contributed by atoms with E-state index < -0.39 is 5.97 Å². The maximum atomic E-state index is 11.7. The van der Waals surface area contributed by atoms with Crippen molar-refractivity contribution < 1.29 is 9.90 Å². The second-order valence-corrected chi connectivity index (χ2v) is 6.39. The molecular weight excluding hydrogens is 322 g/mol. The van der Waals surface area contributed by atoms with Gasteiger partial charge in [-0.1, -0.05) is 78.9 Å². The number of para-hydroxylation sites is 1. The minimum atomic E-state index is -0.803. The predicted octanol–water partition coefficient (Wildman–Crippen LogP) is 5.44. The minimum absolute atomic E-state index is 0.0473. The number of nitrogens with one attached hydrogen (secondary N) is 1. The molecule has 128 valence electrons. The first-order valence-electron chi connectivity index (χ1n) is 8.67. The van der Waals surface area contributed by atoms with E-state index in [1.54, 1.807) is 0 Å². The maximum absolute atomic E-state index is 11.7. The fourth-order valence-electron chi connectivity index (χ4n) is 3.60. The van der Waals surface area contributed by atoms with Gasteiger partial charge in [0, 0.05) is 16.8 Å². The van der Waals surface area contributed by atoms with Gasteiger partial charge in [0.05, 0.1) is 12.1 Å². The number of benzene rings is 3. The fourth-order valence-corrected chi connectivity index (χ4v) is 3.60. The van der Waals surface area contributed by atoms with E-state index in [4.69, 9.17) is 0 Å². The molecule has 1 heterocycles. The number of hydrogen-bond donors (Lipinski definition) is 2. The number of aromatic nitrogens is 1. The first-order chi connectivity index (χ1) is 12.7. The van der Waals surface area contributed by atoms with Gasteiger partial charge in [-0.3, -0.25) is 4.79 Å². The Labute approximate surface area is 151 Å². The van der Waals surface area contributed by atoms with Crippen molar-refractivity contribution >= 4 is 16.9 Å². The van der Waals surface area contributed by atoms with Crippen LogP contribution in [0.25, 0.3) is 22.2 Å². The normalized spacial score (nSPS) is 12.2. The van der Waals surface area contributed by atoms with Crippen LogP contribution in [0.3, 0.4) is 0 Å². The molecule has 0 aliphatic rings. The molecule has 0 spiro atoms. The van der Waals surface area contributed by atoms with Crippen LogP contribution in [0.15, 0.2) is 84.9 Å². The van der Waals surface area contributed by atoms with Gasteiger partial charge >= 0.3 is 5.97 Å². The molecule has 3 aromatic carbocycles. The molecule has 0 amide bonds. The molecule has 1 atom stereocenters. The summed E-state index contributed by atoms with van der Waals surface area (Å²) in [5.41, 5.74) is 5.12. The van der Waals surface area contributed by atoms with Gasteiger partial charge in [0.25, 0.3) is 0 Å². The first-order valence-corrected chi connectivity index (χ1v) is 8.67. The zero-order chi connectivity index (χ0) is 17.9. The third kappa shape index (κ3) is 3.00. The van der Waals surface area contributed by atoms with Crippen LogP contribution >= 0.6 is 0 Å². The molecule has 0 aliphatic heterocycles. The summed E-state index contributed by atoms with van der Waals surface area (Å²) >= 11 is 0. The van der Waals surface area contributed by atoms with Gasteiger partial charge < -0.3 is 10.1 Å². The lowest BCUT2D eigenvalue weighted by Gasteiger charge is -2.18. The van der Waals surface area contributed by atoms with Crippen molar-refractivity contribution in [2.45, 2.75) is 12.3 Å². The minimum Gasteiger partial charge on any atom is -0.481 e. The van der Waals surface area contributed by atoms with Crippen molar-refractivity contribution in [1.82, 2.24) is 4.98 Å². The monoisotopic (exact) mass is 341 g/mol. The molecule has 2 N–H and O–H groups in total. The third-order valence-corrected chi connectivity index (χ3v) is 4.74. The third-order valence-electron chi connectivity index (χ3n) is 4.74. The van der Waals surface area contributed by atoms with Crippen LogP contribution in [0.5, 0.6) is 0 Å². The lowest BCUT2D eigenvalue weighted by Crippen LogP contribution is -2.08. The predicted molar refractivity (Wildman–Crippen MR) is 104 cm³/mol. The van der Waals surface area contributed by atoms with Crippen LogP contribution in [0, 0.1) is 0 Å². The molecule has 0 unspecified atom stereocenters. The Morgan fingerprint density at radius 3 is 2.15 bits per heavy atom. The standard InChI is InChI=1S/C23H19NO2/c25-21(26)15-19(16-9-3-1-4-10-16)22-18-13-7-8-14-20(18)24-23(22)17-11-5-2-6-12-17/h1-14,19,24H,15H2,(H,25,26)/t19-/m0/s1. The molecular formula is C23H19NO2. The van der Waals surface area contributed by atoms with Crippen LogP contribution < -0.4 is 0 Å². The van der Waals surface area contributed by atoms with E-state index in [0.29, 0.717) is 0 Å². The second-order valence-electron chi connectivity index (χ2n) is 6.39. The summed E-state index contributed by atoms with van der Waals surface area (Å²) in [5.74, 6) is -1.02. The van der Waals surface area contributed by atoms with Crippen molar-refractivity contribution in [1.29, 1.82) is 0 Å². The highest BCUT2D eigenvalue weighted by Crippen LogP contribution is 2.40. The van der Waals surface area contributed by atoms with Gasteiger partial charge in [0.15, 0.2) is 0 Å². The van der Waals surface area contributed by atoms with Crippen LogP contribution in [0.2, 0.25) is 0 Å². The van der Waals surface area contributed by atoms with Crippen molar-refractivity contribution in [3.8, 4) is 11.3 Å². The number of carboxylic acid groups (broad SMARTS) is 1. The Morgan fingerprint density at radius 1 is 0.846 bits per heavy atom. The molecule has 0 aliphatic carbocycles. The van der Waals surface area contributed by atoms with Crippen LogP contribution in [0.1, 0.15) is 23.5 Å². The Bertz CT molecular complexity index is 1040. The summed E-state index contributed by atoms with van der Waals surface area (Å²) in [4.78, 5) is 15.2. The Balaban J connectivity index is 1.99. The first kappa shape index (κ1) is 16.2. The number of H-pyrrole nitrogens is 1. The van der Waals surface area contributed by atoms with E-state index in [1.165, 1.54) is 0 Å². The van der Waals surface area contributed by atoms with E-state index in [9.17, 15) is 9.90 Å². The summed E-state index contributed by atoms with van der Waals surface area (Å²) < 4.78 is 0. The number of rotatable bonds is 5. The smallest absolute Gasteiger partial charge is 0.304 e. The molecule has 4 rings (SSSR count). The van der Waals surface area contributed by atoms with Gasteiger partial charge in [-0.25, -0.2) is 0 Å². The van der Waals surface area contributed by atoms with Crippen LogP contribution in [0.4, 0.5) is 0 Å². The number of fused-ring (bicyclic) bond motifs is 1. The molecule has 0 bridgehead atoms. The summed E-state index contributed by atoms with van der Waals surface area (Å²) in [5, 5.41) is 10.6. The zero-order valence-electron chi connectivity index (χ0n) is 14.2. The lowest BCUT2D eigenvalue weighted by atomic mass is 9.85. The van der Waals surface area contributed by atoms with Crippen molar-refractivity contribution in [3.63, 3.8) is 0 Å². The number of aromatic amines is 1. The molecule has 0 fully saturated rings. The summed E-state index contributed by atoms with van der Waals surface area (Å²) in [6.45, 7) is 0. The summed E-state index contributed by atoms with van der Waals surface area (Å²) in [7, 11) is 0. The Kier molecular flexibility index (Phi) is 4.28. The molecule has 3 heteroatoms. The van der Waals surface area contributed by atoms with Gasteiger partial charge in [-0.15, -0.1) is 0 Å². The number of carbonyl (C=O) groups is 1. The molecule has 3 nitrogen and oxygen atoms in total. The van der Waals surface area contributed by atoms with E-state index in [2.05, 4.69) is 23.2 Å². The second kappa shape index (κ2) is 6.89. The van der Waals surface area contributed by atoms with E-state index in [1.807, 2.05) is 66.7 Å². The largest absolute Gasteiger partial charge is 0.481 e. The zero-order valence-corrected chi connectivity index (χ0v) is 14.2. The van der Waals surface area contributed by atoms with Gasteiger partial charge in [-0.2, -0.15) is 0 Å². The van der Waals surface area contributed by atoms with Crippen LogP contribution in [-0.2, 0) is 4.79 Å². The average molecular weight is 341 g/mol. The SMILES string of the molecule is O=C(O)C[C@@H](c1ccccc1)c1c(-c2ccccc2)[nH]c2ccccc12. The maximum Gasteiger partial charge on any atom is 0.304 e. The van der Waals surface area contributed by atoms with E-state index >= 15 is 0 Å². The van der Waals surface area contributed by atoms with Gasteiger partial charge in [-0.05, 0) is 22.8 Å². The summed E-state index contributed by atoms with van der Waals surface area (Å²) in [6.07, 6.45) is 0.0473. The molecule has 1 aromatic heterocycles. The number of aliphatic carboxylic acids is 1. The number of hydrogen-bond acceptors (Lipinski definition) is 1. The van der Waals surface area contributed by atoms with Gasteiger partial charge in [0.2, 0.25) is 0 Å². The number of carboxylic acids is 1. The average Bonchev–Trinajstić information content (AvgIpc) is 3.07. The Morgan fingerprint density at radius 2 is 1.46 bits per heavy atom. The van der Waals surface area contributed by atoms with Crippen molar-refractivity contribution in [2.24, 2.45) is 0 Å². The summed E-state index contributed by atoms with van der Waals surface area (Å²) in [6, 6.07) is 28.1. The molecule has 0 saturated carbocycles. The quantitative estimate of drug-likeness (QED) is 0.508. The highest BCUT2D eigenvalue weighted by molar-refractivity contribution is 5.92. The fraction of sp³-hybridized carbons (Fsp3) is 0.0870. The van der Waals surface area contributed by atoms with E-state index in [0.717, 1.165) is 33.3 Å². The Hall–Kier alpha value is -3.33. The molecule has 0 radical (unpaired) electrons. The highest BCUT2D eigenvalue weighted by Gasteiger charge is 2.25. The van der Waals surface area contributed by atoms with Crippen LogP contribution in [-0.4, -0.2) is 16.1 Å².